The van der Waals surface area contributed by atoms with E-state index in [1.807, 2.05) is 0 Å². The molecule has 1 aliphatic heterocycles. The van der Waals surface area contributed by atoms with Crippen LogP contribution >= 0.6 is 11.6 Å². The van der Waals surface area contributed by atoms with E-state index in [4.69, 9.17) is 27.5 Å². The van der Waals surface area contributed by atoms with E-state index in [1.165, 1.54) is 35.8 Å². The quantitative estimate of drug-likeness (QED) is 0.189. The zero-order valence-corrected chi connectivity index (χ0v) is 24.0. The van der Waals surface area contributed by atoms with Gasteiger partial charge in [0.05, 0.1) is 24.6 Å². The molecule has 5 N–H and O–H groups in total. The number of hydrogen-bond acceptors (Lipinski definition) is 8. The van der Waals surface area contributed by atoms with Gasteiger partial charge in [0.15, 0.2) is 11.6 Å². The van der Waals surface area contributed by atoms with Gasteiger partial charge in [0.25, 0.3) is 5.91 Å². The van der Waals surface area contributed by atoms with Crippen LogP contribution < -0.4 is 21.1 Å². The average molecular weight is 616 g/mol. The van der Waals surface area contributed by atoms with E-state index in [1.54, 1.807) is 48.5 Å². The van der Waals surface area contributed by atoms with Crippen LogP contribution in [0.15, 0.2) is 79.4 Å². The number of carbonyl (C=O) groups is 3. The van der Waals surface area contributed by atoms with Crippen molar-refractivity contribution < 1.29 is 23.5 Å². The summed E-state index contributed by atoms with van der Waals surface area (Å²) in [4.78, 5) is 47.5. The summed E-state index contributed by atoms with van der Waals surface area (Å²) in [5.74, 6) is -1.89. The Hall–Kier alpha value is -5.36. The second-order valence-electron chi connectivity index (χ2n) is 9.86. The van der Waals surface area contributed by atoms with Gasteiger partial charge in [-0.05, 0) is 43.2 Å². The van der Waals surface area contributed by atoms with Gasteiger partial charge in [0.2, 0.25) is 11.8 Å². The summed E-state index contributed by atoms with van der Waals surface area (Å²) < 4.78 is 21.1. The van der Waals surface area contributed by atoms with E-state index in [9.17, 15) is 14.4 Å². The number of ether oxygens (including phenoxy) is 1. The maximum absolute atomic E-state index is 15.4. The summed E-state index contributed by atoms with van der Waals surface area (Å²) in [6.07, 6.45) is 5.22. The normalized spacial score (nSPS) is 14.1. The molecule has 1 fully saturated rings. The Bertz CT molecular complexity index is 1740. The van der Waals surface area contributed by atoms with Crippen LogP contribution in [0.5, 0.6) is 11.5 Å². The molecule has 224 valence electrons. The van der Waals surface area contributed by atoms with Crippen molar-refractivity contribution >= 4 is 46.4 Å². The summed E-state index contributed by atoms with van der Waals surface area (Å²) in [6, 6.07) is 15.2. The van der Waals surface area contributed by atoms with Gasteiger partial charge in [-0.1, -0.05) is 41.9 Å². The van der Waals surface area contributed by atoms with Gasteiger partial charge < -0.3 is 26.0 Å². The fourth-order valence-electron chi connectivity index (χ4n) is 4.90. The molecule has 0 radical (unpaired) electrons. The van der Waals surface area contributed by atoms with Crippen molar-refractivity contribution in [1.82, 2.24) is 14.9 Å². The van der Waals surface area contributed by atoms with Crippen molar-refractivity contribution in [2.24, 2.45) is 5.73 Å². The number of carbonyl (C=O) groups excluding carboxylic acids is 3. The smallest absolute Gasteiger partial charge is 0.267 e. The first-order chi connectivity index (χ1) is 21.2. The van der Waals surface area contributed by atoms with Crippen LogP contribution in [0.3, 0.4) is 0 Å². The van der Waals surface area contributed by atoms with E-state index in [2.05, 4.69) is 20.6 Å². The third-order valence-electron chi connectivity index (χ3n) is 7.01. The highest BCUT2D eigenvalue weighted by molar-refractivity contribution is 6.44. The Balaban J connectivity index is 1.28. The lowest BCUT2D eigenvalue weighted by Gasteiger charge is -2.25. The Kier molecular flexibility index (Phi) is 9.10. The molecule has 3 amide bonds. The van der Waals surface area contributed by atoms with Crippen molar-refractivity contribution in [3.63, 3.8) is 0 Å². The minimum atomic E-state index is -0.971. The van der Waals surface area contributed by atoms with Crippen molar-refractivity contribution in [3.05, 3.63) is 95.8 Å². The molecule has 1 aliphatic rings. The fourth-order valence-corrected chi connectivity index (χ4v) is 5.13. The van der Waals surface area contributed by atoms with Crippen LogP contribution in [0.4, 0.5) is 15.8 Å². The molecule has 11 nitrogen and oxygen atoms in total. The van der Waals surface area contributed by atoms with Crippen LogP contribution in [-0.2, 0) is 14.4 Å². The zero-order valence-electron chi connectivity index (χ0n) is 23.2. The molecule has 4 aromatic rings. The molecule has 0 bridgehead atoms. The molecule has 0 spiro atoms. The molecule has 2 heterocycles. The topological polar surface area (TPSA) is 163 Å². The summed E-state index contributed by atoms with van der Waals surface area (Å²) in [7, 11) is 0. The minimum absolute atomic E-state index is 0.0242. The van der Waals surface area contributed by atoms with Crippen LogP contribution in [0.1, 0.15) is 18.4 Å². The molecular formula is C31H27ClFN7O4. The monoisotopic (exact) mass is 615 g/mol. The maximum atomic E-state index is 15.4. The van der Waals surface area contributed by atoms with Crippen LogP contribution in [0.25, 0.3) is 11.1 Å². The molecule has 0 unspecified atom stereocenters. The molecule has 0 aliphatic carbocycles. The molecule has 0 saturated carbocycles. The first-order valence-corrected chi connectivity index (χ1v) is 13.9. The lowest BCUT2D eigenvalue weighted by atomic mass is 10.0. The van der Waals surface area contributed by atoms with Gasteiger partial charge in [0.1, 0.15) is 23.8 Å². The Morgan fingerprint density at radius 1 is 1.02 bits per heavy atom. The number of amides is 3. The maximum Gasteiger partial charge on any atom is 0.267 e. The first kappa shape index (κ1) is 30.1. The van der Waals surface area contributed by atoms with E-state index >= 15 is 4.39 Å². The zero-order chi connectivity index (χ0) is 31.2. The second kappa shape index (κ2) is 13.3. The highest BCUT2D eigenvalue weighted by Crippen LogP contribution is 2.33. The number of anilines is 2. The van der Waals surface area contributed by atoms with E-state index in [0.717, 1.165) is 0 Å². The number of aromatic nitrogens is 2. The molecule has 44 heavy (non-hydrogen) atoms. The summed E-state index contributed by atoms with van der Waals surface area (Å²) in [5, 5.41) is 14.1. The summed E-state index contributed by atoms with van der Waals surface area (Å²) >= 11 is 6.25. The Morgan fingerprint density at radius 3 is 2.52 bits per heavy atom. The number of hydrogen-bond donors (Lipinski definition) is 4. The van der Waals surface area contributed by atoms with Crippen molar-refractivity contribution in [3.8, 4) is 22.6 Å². The first-order valence-electron chi connectivity index (χ1n) is 13.6. The van der Waals surface area contributed by atoms with Crippen molar-refractivity contribution in [1.29, 1.82) is 5.41 Å². The van der Waals surface area contributed by atoms with Crippen molar-refractivity contribution in [2.45, 2.75) is 18.9 Å². The summed E-state index contributed by atoms with van der Waals surface area (Å²) in [5.41, 5.74) is 5.98. The predicted molar refractivity (Wildman–Crippen MR) is 163 cm³/mol. The number of likely N-dealkylation sites (tertiary alicyclic amines) is 1. The highest BCUT2D eigenvalue weighted by atomic mass is 35.5. The second-order valence-corrected chi connectivity index (χ2v) is 10.3. The molecule has 5 rings (SSSR count). The van der Waals surface area contributed by atoms with Gasteiger partial charge in [-0.3, -0.25) is 19.8 Å². The van der Waals surface area contributed by atoms with E-state index in [0.29, 0.717) is 41.5 Å². The third-order valence-corrected chi connectivity index (χ3v) is 7.34. The SMILES string of the molecule is N=C(C(N)=O)c1cc(Oc2cncnc2)ccc1NCC(=O)N1CCC[C@H]1C(=O)Nc1cccc(-c2ccccc2Cl)c1F. The number of nitrogens with two attached hydrogens (primary N) is 1. The van der Waals surface area contributed by atoms with Crippen molar-refractivity contribution in [2.75, 3.05) is 23.7 Å². The van der Waals surface area contributed by atoms with Gasteiger partial charge >= 0.3 is 0 Å². The van der Waals surface area contributed by atoms with Gasteiger partial charge in [-0.2, -0.15) is 0 Å². The minimum Gasteiger partial charge on any atom is -0.454 e. The number of nitrogens with zero attached hydrogens (tertiary/aromatic N) is 3. The average Bonchev–Trinajstić information content (AvgIpc) is 3.52. The van der Waals surface area contributed by atoms with Gasteiger partial charge in [-0.25, -0.2) is 14.4 Å². The van der Waals surface area contributed by atoms with Crippen LogP contribution in [0.2, 0.25) is 5.02 Å². The number of benzene rings is 3. The van der Waals surface area contributed by atoms with Gasteiger partial charge in [-0.15, -0.1) is 0 Å². The molecular weight excluding hydrogens is 589 g/mol. The fraction of sp³-hybridized carbons (Fsp3) is 0.161. The molecule has 1 saturated heterocycles. The number of nitrogens with one attached hydrogen (secondary N) is 3. The summed E-state index contributed by atoms with van der Waals surface area (Å²) in [6.45, 7) is 0.0858. The molecule has 1 atom stereocenters. The third kappa shape index (κ3) is 6.65. The van der Waals surface area contributed by atoms with Crippen LogP contribution in [-0.4, -0.2) is 57.4 Å². The number of rotatable bonds is 10. The van der Waals surface area contributed by atoms with Gasteiger partial charge in [0, 0.05) is 33.9 Å². The lowest BCUT2D eigenvalue weighted by molar-refractivity contribution is -0.135. The predicted octanol–water partition coefficient (Wildman–Crippen LogP) is 4.62. The molecule has 3 aromatic carbocycles. The number of halogens is 2. The Labute approximate surface area is 256 Å². The van der Waals surface area contributed by atoms with Crippen LogP contribution in [0, 0.1) is 11.2 Å². The molecule has 13 heteroatoms. The molecule has 1 aromatic heterocycles. The lowest BCUT2D eigenvalue weighted by Crippen LogP contribution is -2.45. The Morgan fingerprint density at radius 2 is 1.77 bits per heavy atom. The highest BCUT2D eigenvalue weighted by Gasteiger charge is 2.34. The van der Waals surface area contributed by atoms with E-state index < -0.39 is 35.3 Å². The van der Waals surface area contributed by atoms with E-state index in [-0.39, 0.29) is 29.0 Å². The largest absolute Gasteiger partial charge is 0.454 e. The standard InChI is InChI=1S/C31H27ClFN7O4/c32-23-7-2-1-5-20(23)21-6-3-8-25(28(21)33)39-31(43)26-9-4-12-40(26)27(41)16-38-24-11-10-18(13-22(24)29(34)30(35)42)44-19-14-36-17-37-15-19/h1-3,5-8,10-11,13-15,17,26,34,38H,4,9,12,16H2,(H2,35,42)(H,39,43)/t26-/m0/s1. The number of primary amides is 1.